The fourth-order valence-corrected chi connectivity index (χ4v) is 4.47. The summed E-state index contributed by atoms with van der Waals surface area (Å²) in [6, 6.07) is 12.4. The summed E-state index contributed by atoms with van der Waals surface area (Å²) >= 11 is 2.41. The summed E-state index contributed by atoms with van der Waals surface area (Å²) in [6.45, 7) is 3.98. The van der Waals surface area contributed by atoms with E-state index in [1.807, 2.05) is 24.4 Å². The van der Waals surface area contributed by atoms with E-state index in [1.165, 1.54) is 12.1 Å². The molecule has 4 aromatic rings. The first-order valence-electron chi connectivity index (χ1n) is 9.82. The van der Waals surface area contributed by atoms with E-state index in [-0.39, 0.29) is 5.82 Å². The highest BCUT2D eigenvalue weighted by Gasteiger charge is 2.21. The number of alkyl halides is 1. The molecule has 0 bridgehead atoms. The summed E-state index contributed by atoms with van der Waals surface area (Å²) in [4.78, 5) is 13.9. The van der Waals surface area contributed by atoms with Gasteiger partial charge in [0.1, 0.15) is 17.3 Å². The van der Waals surface area contributed by atoms with Crippen molar-refractivity contribution in [2.75, 3.05) is 35.6 Å². The van der Waals surface area contributed by atoms with Crippen molar-refractivity contribution in [2.45, 2.75) is 0 Å². The highest BCUT2D eigenvalue weighted by Crippen LogP contribution is 2.35. The fourth-order valence-electron chi connectivity index (χ4n) is 3.79. The van der Waals surface area contributed by atoms with Crippen molar-refractivity contribution in [1.82, 2.24) is 24.5 Å². The van der Waals surface area contributed by atoms with Crippen LogP contribution in [0.4, 0.5) is 10.2 Å². The van der Waals surface area contributed by atoms with Gasteiger partial charge in [0.05, 0.1) is 10.1 Å². The number of pyridine rings is 1. The molecule has 0 spiro atoms. The highest BCUT2D eigenvalue weighted by atomic mass is 127. The second-order valence-electron chi connectivity index (χ2n) is 7.24. The van der Waals surface area contributed by atoms with Gasteiger partial charge in [-0.3, -0.25) is 9.88 Å². The minimum absolute atomic E-state index is 0.265. The van der Waals surface area contributed by atoms with Gasteiger partial charge in [-0.2, -0.15) is 5.10 Å². The second kappa shape index (κ2) is 8.27. The van der Waals surface area contributed by atoms with Crippen molar-refractivity contribution in [2.24, 2.45) is 0 Å². The summed E-state index contributed by atoms with van der Waals surface area (Å²) < 4.78 is 16.3. The van der Waals surface area contributed by atoms with Crippen molar-refractivity contribution in [1.29, 1.82) is 0 Å². The summed E-state index contributed by atoms with van der Waals surface area (Å²) in [5.41, 5.74) is 4.33. The number of rotatable bonds is 4. The number of anilines is 1. The van der Waals surface area contributed by atoms with Crippen LogP contribution >= 0.6 is 22.6 Å². The van der Waals surface area contributed by atoms with Crippen molar-refractivity contribution < 1.29 is 4.39 Å². The number of nitrogens with zero attached hydrogens (tertiary/aromatic N) is 6. The van der Waals surface area contributed by atoms with Gasteiger partial charge in [-0.1, -0.05) is 22.6 Å². The van der Waals surface area contributed by atoms with Crippen LogP contribution in [-0.4, -0.2) is 55.2 Å². The average Bonchev–Trinajstić information content (AvgIpc) is 3.19. The molecule has 30 heavy (non-hydrogen) atoms. The first-order chi connectivity index (χ1) is 14.7. The number of hydrogen-bond acceptors (Lipinski definition) is 5. The third kappa shape index (κ3) is 3.65. The molecule has 1 saturated heterocycles. The largest absolute Gasteiger partial charge is 0.354 e. The first kappa shape index (κ1) is 19.4. The summed E-state index contributed by atoms with van der Waals surface area (Å²) in [7, 11) is 0. The van der Waals surface area contributed by atoms with Crippen molar-refractivity contribution in [3.63, 3.8) is 0 Å². The fraction of sp³-hybridized carbons (Fsp3) is 0.227. The SMILES string of the molecule is Fc1ccc(-c2nn3ccc(N4CCN(CI)CC4)nc3c2-c2ccncc2)cc1. The molecule has 1 aromatic carbocycles. The Kier molecular flexibility index (Phi) is 5.34. The third-order valence-corrected chi connectivity index (χ3v) is 6.39. The van der Waals surface area contributed by atoms with Gasteiger partial charge in [-0.15, -0.1) is 0 Å². The van der Waals surface area contributed by atoms with E-state index in [0.717, 1.165) is 64.6 Å². The molecular formula is C22H20FIN6. The number of benzene rings is 1. The van der Waals surface area contributed by atoms with E-state index in [1.54, 1.807) is 29.0 Å². The Hall–Kier alpha value is -2.59. The Balaban J connectivity index is 1.63. The molecule has 152 valence electrons. The molecule has 6 nitrogen and oxygen atoms in total. The molecule has 5 rings (SSSR count). The maximum atomic E-state index is 13.5. The van der Waals surface area contributed by atoms with Gasteiger partial charge in [0.25, 0.3) is 0 Å². The van der Waals surface area contributed by atoms with Crippen molar-refractivity contribution in [3.8, 4) is 22.4 Å². The topological polar surface area (TPSA) is 49.6 Å². The van der Waals surface area contributed by atoms with E-state index in [2.05, 4.69) is 37.4 Å². The van der Waals surface area contributed by atoms with Crippen LogP contribution in [0, 0.1) is 5.82 Å². The van der Waals surface area contributed by atoms with Gasteiger partial charge in [-0.25, -0.2) is 13.9 Å². The lowest BCUT2D eigenvalue weighted by Gasteiger charge is -2.34. The molecule has 0 saturated carbocycles. The average molecular weight is 514 g/mol. The predicted molar refractivity (Wildman–Crippen MR) is 124 cm³/mol. The van der Waals surface area contributed by atoms with Gasteiger partial charge in [0.2, 0.25) is 0 Å². The normalized spacial score (nSPS) is 15.1. The molecule has 1 fully saturated rings. The summed E-state index contributed by atoms with van der Waals surface area (Å²) in [5.74, 6) is 0.690. The Morgan fingerprint density at radius 2 is 1.63 bits per heavy atom. The lowest BCUT2D eigenvalue weighted by molar-refractivity contribution is 0.306. The summed E-state index contributed by atoms with van der Waals surface area (Å²) in [5, 5.41) is 4.78. The standard InChI is InChI=1S/C22H20FIN6/c23-18-3-1-17(2-4-18)21-20(16-5-8-25-9-6-16)22-26-19(7-10-30(22)27-21)29-13-11-28(15-24)12-14-29/h1-10H,11-15H2. The molecule has 0 N–H and O–H groups in total. The zero-order valence-electron chi connectivity index (χ0n) is 16.2. The maximum Gasteiger partial charge on any atom is 0.165 e. The molecule has 4 heterocycles. The van der Waals surface area contributed by atoms with Crippen molar-refractivity contribution in [3.05, 3.63) is 66.9 Å². The van der Waals surface area contributed by atoms with E-state index in [9.17, 15) is 4.39 Å². The molecule has 0 radical (unpaired) electrons. The minimum Gasteiger partial charge on any atom is -0.354 e. The molecule has 1 aliphatic heterocycles. The van der Waals surface area contributed by atoms with Crippen LogP contribution in [0.2, 0.25) is 0 Å². The lowest BCUT2D eigenvalue weighted by atomic mass is 10.0. The molecule has 0 amide bonds. The number of piperazine rings is 1. The van der Waals surface area contributed by atoms with Crippen LogP contribution in [0.15, 0.2) is 61.1 Å². The molecule has 8 heteroatoms. The Bertz CT molecular complexity index is 1150. The Morgan fingerprint density at radius 3 is 2.33 bits per heavy atom. The number of halogens is 2. The predicted octanol–water partition coefficient (Wildman–Crippen LogP) is 4.11. The van der Waals surface area contributed by atoms with Crippen LogP contribution in [-0.2, 0) is 0 Å². The van der Waals surface area contributed by atoms with E-state index in [0.29, 0.717) is 0 Å². The minimum atomic E-state index is -0.265. The Labute approximate surface area is 187 Å². The van der Waals surface area contributed by atoms with E-state index >= 15 is 0 Å². The third-order valence-electron chi connectivity index (χ3n) is 5.42. The van der Waals surface area contributed by atoms with Crippen LogP contribution in [0.3, 0.4) is 0 Å². The molecule has 0 atom stereocenters. The first-order valence-corrected chi connectivity index (χ1v) is 11.3. The van der Waals surface area contributed by atoms with Crippen LogP contribution in [0.25, 0.3) is 28.0 Å². The molecular weight excluding hydrogens is 494 g/mol. The maximum absolute atomic E-state index is 13.5. The van der Waals surface area contributed by atoms with E-state index in [4.69, 9.17) is 10.1 Å². The molecule has 0 unspecified atom stereocenters. The van der Waals surface area contributed by atoms with Crippen LogP contribution < -0.4 is 4.90 Å². The Morgan fingerprint density at radius 1 is 0.900 bits per heavy atom. The van der Waals surface area contributed by atoms with Gasteiger partial charge in [0.15, 0.2) is 5.65 Å². The van der Waals surface area contributed by atoms with Crippen LogP contribution in [0.5, 0.6) is 0 Å². The van der Waals surface area contributed by atoms with Gasteiger partial charge < -0.3 is 4.90 Å². The van der Waals surface area contributed by atoms with Gasteiger partial charge >= 0.3 is 0 Å². The van der Waals surface area contributed by atoms with Gasteiger partial charge in [-0.05, 0) is 48.0 Å². The number of hydrogen-bond donors (Lipinski definition) is 0. The molecule has 3 aromatic heterocycles. The van der Waals surface area contributed by atoms with Gasteiger partial charge in [0, 0.05) is 50.3 Å². The number of fused-ring (bicyclic) bond motifs is 1. The smallest absolute Gasteiger partial charge is 0.165 e. The second-order valence-corrected chi connectivity index (χ2v) is 7.93. The molecule has 0 aliphatic carbocycles. The van der Waals surface area contributed by atoms with Crippen molar-refractivity contribution >= 4 is 34.1 Å². The monoisotopic (exact) mass is 514 g/mol. The quantitative estimate of drug-likeness (QED) is 0.233. The summed E-state index contributed by atoms with van der Waals surface area (Å²) in [6.07, 6.45) is 5.49. The lowest BCUT2D eigenvalue weighted by Crippen LogP contribution is -2.46. The number of aromatic nitrogens is 4. The molecule has 1 aliphatic rings. The zero-order chi connectivity index (χ0) is 20.5. The van der Waals surface area contributed by atoms with Crippen LogP contribution in [0.1, 0.15) is 0 Å². The zero-order valence-corrected chi connectivity index (χ0v) is 18.4. The van der Waals surface area contributed by atoms with E-state index < -0.39 is 0 Å². The highest BCUT2D eigenvalue weighted by molar-refractivity contribution is 14.1.